The van der Waals surface area contributed by atoms with Crippen molar-refractivity contribution in [2.75, 3.05) is 11.9 Å². The Morgan fingerprint density at radius 1 is 1.48 bits per heavy atom. The quantitative estimate of drug-likeness (QED) is 0.817. The molecule has 0 spiro atoms. The van der Waals surface area contributed by atoms with Crippen molar-refractivity contribution in [2.45, 2.75) is 19.5 Å². The molecule has 4 nitrogen and oxygen atoms in total. The van der Waals surface area contributed by atoms with Gasteiger partial charge in [-0.3, -0.25) is 0 Å². The van der Waals surface area contributed by atoms with Crippen molar-refractivity contribution in [2.24, 2.45) is 0 Å². The van der Waals surface area contributed by atoms with Gasteiger partial charge in [-0.25, -0.2) is 4.79 Å². The summed E-state index contributed by atoms with van der Waals surface area (Å²) in [4.78, 5) is 10.8. The molecule has 0 saturated heterocycles. The molecule has 0 aliphatic heterocycles. The van der Waals surface area contributed by atoms with Crippen LogP contribution in [0.4, 0.5) is 18.9 Å². The van der Waals surface area contributed by atoms with Gasteiger partial charge in [0.25, 0.3) is 0 Å². The molecule has 2 N–H and O–H groups in total. The lowest BCUT2D eigenvalue weighted by molar-refractivity contribution is -0.137. The number of carbonyl (C=O) groups is 1. The van der Waals surface area contributed by atoms with E-state index in [0.717, 1.165) is 12.1 Å². The first-order valence-corrected chi connectivity index (χ1v) is 6.07. The molecule has 0 atom stereocenters. The van der Waals surface area contributed by atoms with Crippen molar-refractivity contribution >= 4 is 11.7 Å². The van der Waals surface area contributed by atoms with Gasteiger partial charge in [-0.15, -0.1) is 0 Å². The van der Waals surface area contributed by atoms with Crippen LogP contribution in [0.25, 0.3) is 0 Å². The largest absolute Gasteiger partial charge is 0.478 e. The fraction of sp³-hybridized carbons (Fsp3) is 0.286. The zero-order valence-corrected chi connectivity index (χ0v) is 11.2. The molecule has 1 rings (SSSR count). The number of rotatable bonds is 5. The van der Waals surface area contributed by atoms with Crippen molar-refractivity contribution in [1.82, 2.24) is 0 Å². The topological polar surface area (TPSA) is 73.1 Å². The second-order valence-corrected chi connectivity index (χ2v) is 4.14. The van der Waals surface area contributed by atoms with Gasteiger partial charge < -0.3 is 10.4 Å². The van der Waals surface area contributed by atoms with Gasteiger partial charge in [0.15, 0.2) is 0 Å². The summed E-state index contributed by atoms with van der Waals surface area (Å²) in [6, 6.07) is 4.74. The zero-order chi connectivity index (χ0) is 16.0. The molecule has 0 amide bonds. The van der Waals surface area contributed by atoms with E-state index in [4.69, 9.17) is 10.4 Å². The monoisotopic (exact) mass is 298 g/mol. The Labute approximate surface area is 119 Å². The van der Waals surface area contributed by atoms with E-state index in [1.165, 1.54) is 18.2 Å². The summed E-state index contributed by atoms with van der Waals surface area (Å²) in [7, 11) is 0. The molecule has 21 heavy (non-hydrogen) atoms. The maximum absolute atomic E-state index is 12.8. The fourth-order valence-electron chi connectivity index (χ4n) is 1.66. The number of carboxylic acid groups (broad SMARTS) is 1. The Morgan fingerprint density at radius 3 is 2.62 bits per heavy atom. The molecule has 0 unspecified atom stereocenters. The molecule has 0 radical (unpaired) electrons. The van der Waals surface area contributed by atoms with E-state index in [9.17, 15) is 18.0 Å². The van der Waals surface area contributed by atoms with Crippen LogP contribution >= 0.6 is 0 Å². The van der Waals surface area contributed by atoms with Gasteiger partial charge in [0, 0.05) is 17.8 Å². The zero-order valence-electron chi connectivity index (χ0n) is 11.2. The smallest absolute Gasteiger partial charge is 0.417 e. The summed E-state index contributed by atoms with van der Waals surface area (Å²) in [5.74, 6) is -1.06. The number of hydrogen-bond donors (Lipinski definition) is 2. The van der Waals surface area contributed by atoms with Crippen molar-refractivity contribution in [3.63, 3.8) is 0 Å². The number of nitriles is 1. The first-order chi connectivity index (χ1) is 9.79. The highest BCUT2D eigenvalue weighted by Gasteiger charge is 2.33. The summed E-state index contributed by atoms with van der Waals surface area (Å²) in [5.41, 5.74) is -1.14. The summed E-state index contributed by atoms with van der Waals surface area (Å²) in [6.07, 6.45) is -2.90. The van der Waals surface area contributed by atoms with Crippen LogP contribution in [0.1, 0.15) is 24.5 Å². The number of nitrogens with one attached hydrogen (secondary N) is 1. The first kappa shape index (κ1) is 16.6. The molecule has 7 heteroatoms. The third-order valence-electron chi connectivity index (χ3n) is 2.76. The van der Waals surface area contributed by atoms with Gasteiger partial charge in [0.2, 0.25) is 0 Å². The highest BCUT2D eigenvalue weighted by Crippen LogP contribution is 2.33. The van der Waals surface area contributed by atoms with E-state index >= 15 is 0 Å². The van der Waals surface area contributed by atoms with Crippen LogP contribution in [0.15, 0.2) is 29.8 Å². The normalized spacial score (nSPS) is 11.9. The van der Waals surface area contributed by atoms with E-state index < -0.39 is 23.3 Å². The van der Waals surface area contributed by atoms with E-state index in [1.54, 1.807) is 6.92 Å². The highest BCUT2D eigenvalue weighted by atomic mass is 19.4. The molecule has 0 aliphatic carbocycles. The number of anilines is 1. The number of halogens is 3. The second kappa shape index (κ2) is 6.79. The Morgan fingerprint density at radius 2 is 2.14 bits per heavy atom. The minimum absolute atomic E-state index is 0.0820. The predicted octanol–water partition coefficient (Wildman–Crippen LogP) is 3.41. The van der Waals surface area contributed by atoms with Crippen LogP contribution in [0.2, 0.25) is 0 Å². The van der Waals surface area contributed by atoms with Crippen molar-refractivity contribution < 1.29 is 23.1 Å². The first-order valence-electron chi connectivity index (χ1n) is 6.07. The number of alkyl halides is 3. The minimum atomic E-state index is -4.62. The van der Waals surface area contributed by atoms with Gasteiger partial charge in [-0.1, -0.05) is 13.0 Å². The predicted molar refractivity (Wildman–Crippen MR) is 70.7 cm³/mol. The molecule has 0 fully saturated rings. The van der Waals surface area contributed by atoms with E-state index in [1.807, 2.05) is 0 Å². The van der Waals surface area contributed by atoms with Crippen LogP contribution in [0.3, 0.4) is 0 Å². The number of hydrogen-bond acceptors (Lipinski definition) is 3. The average Bonchev–Trinajstić information content (AvgIpc) is 2.42. The summed E-state index contributed by atoms with van der Waals surface area (Å²) in [6.45, 7) is 1.75. The van der Waals surface area contributed by atoms with Crippen LogP contribution in [-0.4, -0.2) is 17.6 Å². The van der Waals surface area contributed by atoms with Gasteiger partial charge in [-0.05, 0) is 24.6 Å². The van der Waals surface area contributed by atoms with Crippen molar-refractivity contribution in [3.05, 3.63) is 41.0 Å². The Bertz CT molecular complexity index is 601. The molecule has 1 aromatic carbocycles. The maximum Gasteiger partial charge on any atom is 0.417 e. The van der Waals surface area contributed by atoms with Gasteiger partial charge >= 0.3 is 12.1 Å². The number of nitrogens with zero attached hydrogens (tertiary/aromatic N) is 1. The van der Waals surface area contributed by atoms with Crippen LogP contribution in [-0.2, 0) is 11.0 Å². The van der Waals surface area contributed by atoms with Crippen LogP contribution in [0, 0.1) is 11.3 Å². The van der Waals surface area contributed by atoms with E-state index in [0.29, 0.717) is 6.42 Å². The third kappa shape index (κ3) is 4.53. The molecule has 0 heterocycles. The lowest BCUT2D eigenvalue weighted by Gasteiger charge is -2.11. The Hall–Kier alpha value is -2.49. The molecule has 1 aromatic rings. The molecule has 0 aromatic heterocycles. The standard InChI is InChI=1S/C14H13F3N2O2/c1-2-9(13(20)21)5-6-19-11-4-3-10(8-18)12(7-11)14(15,16)17/h3-5,7,19H,2,6H2,1H3,(H,20,21)/b9-5-. The van der Waals surface area contributed by atoms with E-state index in [-0.39, 0.29) is 17.8 Å². The molecule has 0 aliphatic rings. The summed E-state index contributed by atoms with van der Waals surface area (Å²) < 4.78 is 38.3. The van der Waals surface area contributed by atoms with Gasteiger partial charge in [-0.2, -0.15) is 18.4 Å². The van der Waals surface area contributed by atoms with Gasteiger partial charge in [0.1, 0.15) is 0 Å². The summed E-state index contributed by atoms with van der Waals surface area (Å²) in [5, 5.41) is 20.2. The molecule has 112 valence electrons. The van der Waals surface area contributed by atoms with Crippen LogP contribution < -0.4 is 5.32 Å². The SMILES string of the molecule is CC/C(=C/CNc1ccc(C#N)c(C(F)(F)F)c1)C(=O)O. The lowest BCUT2D eigenvalue weighted by atomic mass is 10.1. The highest BCUT2D eigenvalue weighted by molar-refractivity contribution is 5.86. The molecule has 0 bridgehead atoms. The van der Waals surface area contributed by atoms with Gasteiger partial charge in [0.05, 0.1) is 17.2 Å². The average molecular weight is 298 g/mol. The Kier molecular flexibility index (Phi) is 5.36. The maximum atomic E-state index is 12.8. The number of carboxylic acids is 1. The number of aliphatic carboxylic acids is 1. The van der Waals surface area contributed by atoms with Crippen LogP contribution in [0.5, 0.6) is 0 Å². The summed E-state index contributed by atoms with van der Waals surface area (Å²) >= 11 is 0. The number of benzene rings is 1. The second-order valence-electron chi connectivity index (χ2n) is 4.14. The Balaban J connectivity index is 2.92. The molecular weight excluding hydrogens is 285 g/mol. The molecule has 0 saturated carbocycles. The molecular formula is C14H13F3N2O2. The van der Waals surface area contributed by atoms with E-state index in [2.05, 4.69) is 5.32 Å². The van der Waals surface area contributed by atoms with Crippen molar-refractivity contribution in [3.8, 4) is 6.07 Å². The minimum Gasteiger partial charge on any atom is -0.478 e. The fourth-order valence-corrected chi connectivity index (χ4v) is 1.66. The lowest BCUT2D eigenvalue weighted by Crippen LogP contribution is -2.10. The van der Waals surface area contributed by atoms with Crippen molar-refractivity contribution in [1.29, 1.82) is 5.26 Å². The third-order valence-corrected chi connectivity index (χ3v) is 2.76.